The van der Waals surface area contributed by atoms with Crippen LogP contribution in [0.2, 0.25) is 0 Å². The summed E-state index contributed by atoms with van der Waals surface area (Å²) in [5.74, 6) is 0.0411. The van der Waals surface area contributed by atoms with Gasteiger partial charge in [-0.05, 0) is 26.2 Å². The van der Waals surface area contributed by atoms with Crippen molar-refractivity contribution in [3.63, 3.8) is 0 Å². The molecule has 1 heterocycles. The smallest absolute Gasteiger partial charge is 0.343 e. The van der Waals surface area contributed by atoms with Crippen LogP contribution in [0, 0.1) is 0 Å². The molecule has 6 nitrogen and oxygen atoms in total. The van der Waals surface area contributed by atoms with Crippen molar-refractivity contribution < 1.29 is 4.79 Å². The maximum absolute atomic E-state index is 12.4. The molecule has 0 radical (unpaired) electrons. The summed E-state index contributed by atoms with van der Waals surface area (Å²) in [4.78, 5) is 24.2. The van der Waals surface area contributed by atoms with Gasteiger partial charge in [0.25, 0.3) is 0 Å². The fraction of sp³-hybridized carbons (Fsp3) is 0.812. The molecule has 1 aromatic heterocycles. The molecule has 130 valence electrons. The molecule has 1 aromatic rings. The lowest BCUT2D eigenvalue weighted by molar-refractivity contribution is -0.121. The first-order valence-electron chi connectivity index (χ1n) is 8.74. The third-order valence-electron chi connectivity index (χ3n) is 4.31. The van der Waals surface area contributed by atoms with Crippen molar-refractivity contribution in [1.29, 1.82) is 0 Å². The largest absolute Gasteiger partial charge is 0.352 e. The van der Waals surface area contributed by atoms with Gasteiger partial charge in [-0.2, -0.15) is 0 Å². The third-order valence-corrected chi connectivity index (χ3v) is 5.40. The Labute approximate surface area is 141 Å². The Balaban J connectivity index is 1.91. The van der Waals surface area contributed by atoms with Crippen LogP contribution >= 0.6 is 11.8 Å². The van der Waals surface area contributed by atoms with E-state index in [2.05, 4.69) is 22.4 Å². The number of hydrogen-bond donors (Lipinski definition) is 2. The number of amides is 1. The van der Waals surface area contributed by atoms with Crippen LogP contribution in [0.5, 0.6) is 0 Å². The average molecular weight is 340 g/mol. The van der Waals surface area contributed by atoms with Crippen molar-refractivity contribution in [2.24, 2.45) is 0 Å². The number of aromatic amines is 1. The van der Waals surface area contributed by atoms with Crippen LogP contribution in [-0.4, -0.2) is 32.0 Å². The first-order chi connectivity index (χ1) is 11.1. The zero-order valence-electron chi connectivity index (χ0n) is 14.1. The Bertz CT molecular complexity index is 547. The number of carbonyl (C=O) groups excluding carboxylic acids is 1. The maximum atomic E-state index is 12.4. The fourth-order valence-corrected chi connectivity index (χ4v) is 3.75. The van der Waals surface area contributed by atoms with Gasteiger partial charge in [0.05, 0.1) is 5.25 Å². The number of nitrogens with zero attached hydrogens (tertiary/aromatic N) is 2. The van der Waals surface area contributed by atoms with E-state index < -0.39 is 0 Å². The van der Waals surface area contributed by atoms with E-state index in [0.29, 0.717) is 17.7 Å². The number of thioether (sulfide) groups is 1. The van der Waals surface area contributed by atoms with Crippen LogP contribution in [-0.2, 0) is 11.3 Å². The summed E-state index contributed by atoms with van der Waals surface area (Å²) in [5.41, 5.74) is -0.197. The monoisotopic (exact) mass is 340 g/mol. The van der Waals surface area contributed by atoms with Crippen LogP contribution in [0.3, 0.4) is 0 Å². The minimum Gasteiger partial charge on any atom is -0.352 e. The highest BCUT2D eigenvalue weighted by atomic mass is 32.2. The molecular weight excluding hydrogens is 312 g/mol. The highest BCUT2D eigenvalue weighted by Gasteiger charge is 2.22. The molecule has 0 saturated heterocycles. The van der Waals surface area contributed by atoms with Crippen LogP contribution in [0.4, 0.5) is 0 Å². The molecule has 2 N–H and O–H groups in total. The van der Waals surface area contributed by atoms with E-state index in [0.717, 1.165) is 25.7 Å². The molecule has 1 aliphatic carbocycles. The number of aromatic nitrogens is 3. The Hall–Kier alpha value is -1.24. The number of nitrogens with one attached hydrogen (secondary N) is 2. The maximum Gasteiger partial charge on any atom is 0.343 e. The van der Waals surface area contributed by atoms with Gasteiger partial charge in [0.1, 0.15) is 0 Å². The zero-order chi connectivity index (χ0) is 16.7. The van der Waals surface area contributed by atoms with Gasteiger partial charge in [-0.15, -0.1) is 5.10 Å². The van der Waals surface area contributed by atoms with E-state index in [1.165, 1.54) is 37.4 Å². The summed E-state index contributed by atoms with van der Waals surface area (Å²) in [6, 6.07) is 0.300. The number of hydrogen-bond acceptors (Lipinski definition) is 4. The van der Waals surface area contributed by atoms with E-state index in [-0.39, 0.29) is 16.8 Å². The summed E-state index contributed by atoms with van der Waals surface area (Å²) >= 11 is 1.35. The Kier molecular flexibility index (Phi) is 7.20. The van der Waals surface area contributed by atoms with Gasteiger partial charge in [0.15, 0.2) is 5.16 Å². The summed E-state index contributed by atoms with van der Waals surface area (Å²) in [7, 11) is 0. The van der Waals surface area contributed by atoms with E-state index in [9.17, 15) is 9.59 Å². The molecule has 7 heteroatoms. The second kappa shape index (κ2) is 9.15. The van der Waals surface area contributed by atoms with Crippen molar-refractivity contribution in [1.82, 2.24) is 20.1 Å². The molecular formula is C16H28N4O2S. The number of unbranched alkanes of at least 4 members (excludes halogenated alkanes) is 1. The van der Waals surface area contributed by atoms with Crippen LogP contribution in [0.1, 0.15) is 65.2 Å². The number of carbonyl (C=O) groups is 1. The summed E-state index contributed by atoms with van der Waals surface area (Å²) < 4.78 is 1.63. The fourth-order valence-electron chi connectivity index (χ4n) is 2.86. The first-order valence-corrected chi connectivity index (χ1v) is 9.62. The minimum absolute atomic E-state index is 0.0411. The molecule has 0 aromatic carbocycles. The standard InChI is InChI=1S/C16H28N4O2S/c1-3-4-11-20-15(22)18-19-16(20)23-12(2)14(21)17-13-9-7-5-6-8-10-13/h12-13H,3-11H2,1-2H3,(H,17,21)(H,18,22)/t12-/m1/s1. The molecule has 0 bridgehead atoms. The van der Waals surface area contributed by atoms with E-state index in [1.54, 1.807) is 4.57 Å². The topological polar surface area (TPSA) is 79.8 Å². The van der Waals surface area contributed by atoms with Crippen LogP contribution < -0.4 is 11.0 Å². The molecule has 23 heavy (non-hydrogen) atoms. The van der Waals surface area contributed by atoms with Crippen LogP contribution in [0.25, 0.3) is 0 Å². The Morgan fingerprint density at radius 1 is 1.39 bits per heavy atom. The van der Waals surface area contributed by atoms with Crippen molar-refractivity contribution in [2.45, 2.75) is 88.2 Å². The minimum atomic E-state index is -0.256. The van der Waals surface area contributed by atoms with E-state index in [4.69, 9.17) is 0 Å². The highest BCUT2D eigenvalue weighted by molar-refractivity contribution is 8.00. The van der Waals surface area contributed by atoms with Gasteiger partial charge >= 0.3 is 5.69 Å². The predicted molar refractivity (Wildman–Crippen MR) is 92.7 cm³/mol. The molecule has 0 spiro atoms. The number of rotatable bonds is 7. The number of H-pyrrole nitrogens is 1. The SMILES string of the molecule is CCCCn1c(S[C@H](C)C(=O)NC2CCCCCC2)n[nH]c1=O. The van der Waals surface area contributed by atoms with Gasteiger partial charge in [0, 0.05) is 12.6 Å². The lowest BCUT2D eigenvalue weighted by atomic mass is 10.1. The van der Waals surface area contributed by atoms with Gasteiger partial charge in [-0.1, -0.05) is 50.8 Å². The molecule has 1 amide bonds. The molecule has 0 aliphatic heterocycles. The van der Waals surface area contributed by atoms with Gasteiger partial charge < -0.3 is 5.32 Å². The summed E-state index contributed by atoms with van der Waals surface area (Å²) in [6.07, 6.45) is 9.03. The Morgan fingerprint density at radius 2 is 2.09 bits per heavy atom. The lowest BCUT2D eigenvalue weighted by Crippen LogP contribution is -2.39. The summed E-state index contributed by atoms with van der Waals surface area (Å²) in [5, 5.41) is 10.1. The van der Waals surface area contributed by atoms with Crippen molar-refractivity contribution >= 4 is 17.7 Å². The normalized spacial score (nSPS) is 17.7. The van der Waals surface area contributed by atoms with E-state index >= 15 is 0 Å². The Morgan fingerprint density at radius 3 is 2.74 bits per heavy atom. The average Bonchev–Trinajstić information content (AvgIpc) is 2.74. The second-order valence-corrected chi connectivity index (χ2v) is 7.58. The third kappa shape index (κ3) is 5.41. The molecule has 0 unspecified atom stereocenters. The van der Waals surface area contributed by atoms with Gasteiger partial charge in [-0.3, -0.25) is 9.36 Å². The molecule has 2 rings (SSSR count). The summed E-state index contributed by atoms with van der Waals surface area (Å²) in [6.45, 7) is 4.60. The van der Waals surface area contributed by atoms with E-state index in [1.807, 2.05) is 6.92 Å². The zero-order valence-corrected chi connectivity index (χ0v) is 15.0. The lowest BCUT2D eigenvalue weighted by Gasteiger charge is -2.19. The van der Waals surface area contributed by atoms with Gasteiger partial charge in [0.2, 0.25) is 5.91 Å². The van der Waals surface area contributed by atoms with Crippen molar-refractivity contribution in [2.75, 3.05) is 0 Å². The second-order valence-electron chi connectivity index (χ2n) is 6.27. The van der Waals surface area contributed by atoms with Crippen LogP contribution in [0.15, 0.2) is 9.95 Å². The first kappa shape index (κ1) is 18.1. The molecule has 1 fully saturated rings. The molecule has 1 aliphatic rings. The molecule has 1 atom stereocenters. The predicted octanol–water partition coefficient (Wildman–Crippen LogP) is 2.69. The van der Waals surface area contributed by atoms with Gasteiger partial charge in [-0.25, -0.2) is 9.89 Å². The van der Waals surface area contributed by atoms with Crippen molar-refractivity contribution in [3.05, 3.63) is 10.5 Å². The van der Waals surface area contributed by atoms with Crippen molar-refractivity contribution in [3.8, 4) is 0 Å². The highest BCUT2D eigenvalue weighted by Crippen LogP contribution is 2.22. The molecule has 1 saturated carbocycles. The quantitative estimate of drug-likeness (QED) is 0.591.